The van der Waals surface area contributed by atoms with E-state index in [1.165, 1.54) is 12.1 Å². The lowest BCUT2D eigenvalue weighted by Crippen LogP contribution is -2.23. The number of rotatable bonds is 3. The van der Waals surface area contributed by atoms with E-state index in [1.54, 1.807) is 12.1 Å². The predicted octanol–water partition coefficient (Wildman–Crippen LogP) is 3.10. The molecule has 2 rings (SSSR count). The molecule has 2 aromatic carbocycles. The summed E-state index contributed by atoms with van der Waals surface area (Å²) in [6, 6.07) is 11.3. The number of nitrogens with one attached hydrogen (secondary N) is 1. The fourth-order valence-corrected chi connectivity index (χ4v) is 2.12. The molecule has 0 unspecified atom stereocenters. The lowest BCUT2D eigenvalue weighted by atomic mass is 10.1. The van der Waals surface area contributed by atoms with Crippen molar-refractivity contribution in [3.8, 4) is 0 Å². The van der Waals surface area contributed by atoms with E-state index in [2.05, 4.69) is 21.2 Å². The molecule has 0 bridgehead atoms. The van der Waals surface area contributed by atoms with Crippen LogP contribution in [0.3, 0.4) is 0 Å². The van der Waals surface area contributed by atoms with E-state index in [-0.39, 0.29) is 11.5 Å². The van der Waals surface area contributed by atoms with Crippen molar-refractivity contribution in [1.29, 1.82) is 0 Å². The van der Waals surface area contributed by atoms with Gasteiger partial charge < -0.3 is 11.1 Å². The van der Waals surface area contributed by atoms with Crippen LogP contribution < -0.4 is 11.1 Å². The maximum absolute atomic E-state index is 13.2. The molecule has 0 radical (unpaired) electrons. The fraction of sp³-hybridized carbons (Fsp3) is 0.0714. The summed E-state index contributed by atoms with van der Waals surface area (Å²) >= 11 is 3.15. The van der Waals surface area contributed by atoms with E-state index in [4.69, 9.17) is 5.73 Å². The lowest BCUT2D eigenvalue weighted by molar-refractivity contribution is 0.0950. The molecule has 0 atom stereocenters. The molecule has 0 saturated carbocycles. The van der Waals surface area contributed by atoms with Gasteiger partial charge in [0, 0.05) is 22.3 Å². The Hall–Kier alpha value is -1.88. The number of nitrogen functional groups attached to an aromatic ring is 1. The van der Waals surface area contributed by atoms with Crippen LogP contribution in [0, 0.1) is 5.82 Å². The van der Waals surface area contributed by atoms with E-state index in [1.807, 2.05) is 18.2 Å². The Kier molecular flexibility index (Phi) is 4.16. The van der Waals surface area contributed by atoms with Crippen molar-refractivity contribution < 1.29 is 9.18 Å². The number of nitrogens with two attached hydrogens (primary N) is 1. The van der Waals surface area contributed by atoms with E-state index in [0.717, 1.165) is 5.56 Å². The molecule has 98 valence electrons. The molecule has 3 N–H and O–H groups in total. The molecule has 19 heavy (non-hydrogen) atoms. The van der Waals surface area contributed by atoms with Crippen LogP contribution in [0.2, 0.25) is 0 Å². The summed E-state index contributed by atoms with van der Waals surface area (Å²) in [5.74, 6) is -0.804. The van der Waals surface area contributed by atoms with E-state index in [0.29, 0.717) is 16.7 Å². The first-order valence-electron chi connectivity index (χ1n) is 5.64. The average Bonchev–Trinajstić information content (AvgIpc) is 2.36. The first-order valence-corrected chi connectivity index (χ1v) is 6.43. The third-order valence-corrected chi connectivity index (χ3v) is 3.08. The Morgan fingerprint density at radius 2 is 2.00 bits per heavy atom. The van der Waals surface area contributed by atoms with Crippen LogP contribution in [-0.4, -0.2) is 5.91 Å². The molecule has 0 aliphatic rings. The monoisotopic (exact) mass is 322 g/mol. The Balaban J connectivity index is 2.08. The number of carbonyl (C=O) groups excluding carboxylic acids is 1. The summed E-state index contributed by atoms with van der Waals surface area (Å²) in [6.07, 6.45) is 0. The third-order valence-electron chi connectivity index (χ3n) is 2.62. The van der Waals surface area contributed by atoms with Gasteiger partial charge in [-0.25, -0.2) is 4.39 Å². The zero-order chi connectivity index (χ0) is 13.8. The second kappa shape index (κ2) is 5.84. The van der Waals surface area contributed by atoms with Gasteiger partial charge in [0.15, 0.2) is 0 Å². The highest BCUT2D eigenvalue weighted by molar-refractivity contribution is 9.10. The Morgan fingerprint density at radius 3 is 2.68 bits per heavy atom. The summed E-state index contributed by atoms with van der Waals surface area (Å²) in [5.41, 5.74) is 7.48. The maximum Gasteiger partial charge on any atom is 0.251 e. The highest BCUT2D eigenvalue weighted by Gasteiger charge is 2.08. The maximum atomic E-state index is 13.2. The molecule has 0 saturated heterocycles. The molecule has 2 aromatic rings. The molecule has 0 aromatic heterocycles. The van der Waals surface area contributed by atoms with Crippen LogP contribution in [0.25, 0.3) is 0 Å². The van der Waals surface area contributed by atoms with Crippen molar-refractivity contribution in [3.05, 3.63) is 63.9 Å². The first kappa shape index (κ1) is 13.5. The minimum atomic E-state index is -0.459. The van der Waals surface area contributed by atoms with Gasteiger partial charge in [-0.15, -0.1) is 0 Å². The van der Waals surface area contributed by atoms with Crippen molar-refractivity contribution >= 4 is 27.5 Å². The minimum absolute atomic E-state index is 0.265. The summed E-state index contributed by atoms with van der Waals surface area (Å²) in [7, 11) is 0. The normalized spacial score (nSPS) is 10.2. The Bertz CT molecular complexity index is 596. The van der Waals surface area contributed by atoms with Crippen molar-refractivity contribution in [2.24, 2.45) is 0 Å². The van der Waals surface area contributed by atoms with E-state index >= 15 is 0 Å². The topological polar surface area (TPSA) is 55.1 Å². The van der Waals surface area contributed by atoms with Crippen LogP contribution in [-0.2, 0) is 6.54 Å². The molecule has 0 fully saturated rings. The van der Waals surface area contributed by atoms with Gasteiger partial charge in [-0.2, -0.15) is 0 Å². The van der Waals surface area contributed by atoms with Gasteiger partial charge in [-0.1, -0.05) is 34.1 Å². The molecule has 5 heteroatoms. The summed E-state index contributed by atoms with van der Waals surface area (Å²) < 4.78 is 13.7. The zero-order valence-electron chi connectivity index (χ0n) is 9.99. The molecular formula is C14H12BrFN2O. The minimum Gasteiger partial charge on any atom is -0.398 e. The number of hydrogen-bond donors (Lipinski definition) is 2. The van der Waals surface area contributed by atoms with E-state index in [9.17, 15) is 9.18 Å². The number of anilines is 1. The number of amides is 1. The van der Waals surface area contributed by atoms with E-state index < -0.39 is 5.82 Å². The Labute approximate surface area is 118 Å². The average molecular weight is 323 g/mol. The van der Waals surface area contributed by atoms with Gasteiger partial charge in [0.05, 0.1) is 0 Å². The fourth-order valence-electron chi connectivity index (χ4n) is 1.66. The predicted molar refractivity (Wildman–Crippen MR) is 76.1 cm³/mol. The van der Waals surface area contributed by atoms with Gasteiger partial charge in [0.2, 0.25) is 0 Å². The van der Waals surface area contributed by atoms with Crippen LogP contribution in [0.5, 0.6) is 0 Å². The number of benzene rings is 2. The first-order chi connectivity index (χ1) is 9.06. The highest BCUT2D eigenvalue weighted by atomic mass is 79.9. The highest BCUT2D eigenvalue weighted by Crippen LogP contribution is 2.15. The van der Waals surface area contributed by atoms with Gasteiger partial charge in [0.25, 0.3) is 5.91 Å². The van der Waals surface area contributed by atoms with Gasteiger partial charge >= 0.3 is 0 Å². The van der Waals surface area contributed by atoms with Crippen molar-refractivity contribution in [2.75, 3.05) is 5.73 Å². The summed E-state index contributed by atoms with van der Waals surface area (Å²) in [5, 5.41) is 2.70. The number of hydrogen-bond acceptors (Lipinski definition) is 2. The second-order valence-corrected chi connectivity index (χ2v) is 4.96. The second-order valence-electron chi connectivity index (χ2n) is 4.04. The largest absolute Gasteiger partial charge is 0.398 e. The summed E-state index contributed by atoms with van der Waals surface area (Å²) in [6.45, 7) is 0.305. The SMILES string of the molecule is Nc1ccccc1CNC(=O)c1cc(F)cc(Br)c1. The molecule has 3 nitrogen and oxygen atoms in total. The number of para-hydroxylation sites is 1. The quantitative estimate of drug-likeness (QED) is 0.853. The Morgan fingerprint density at radius 1 is 1.26 bits per heavy atom. The van der Waals surface area contributed by atoms with Crippen molar-refractivity contribution in [3.63, 3.8) is 0 Å². The molecule has 0 spiro atoms. The molecular weight excluding hydrogens is 311 g/mol. The van der Waals surface area contributed by atoms with Crippen molar-refractivity contribution in [1.82, 2.24) is 5.32 Å². The molecule has 0 aliphatic heterocycles. The van der Waals surface area contributed by atoms with Crippen molar-refractivity contribution in [2.45, 2.75) is 6.54 Å². The standard InChI is InChI=1S/C14H12BrFN2O/c15-11-5-10(6-12(16)7-11)14(19)18-8-9-3-1-2-4-13(9)17/h1-7H,8,17H2,(H,18,19). The van der Waals surface area contributed by atoms with Gasteiger partial charge in [0.1, 0.15) is 5.82 Å². The number of carbonyl (C=O) groups is 1. The van der Waals surface area contributed by atoms with Gasteiger partial charge in [-0.3, -0.25) is 4.79 Å². The van der Waals surface area contributed by atoms with Crippen LogP contribution in [0.1, 0.15) is 15.9 Å². The lowest BCUT2D eigenvalue weighted by Gasteiger charge is -2.08. The summed E-state index contributed by atoms with van der Waals surface area (Å²) in [4.78, 5) is 11.9. The van der Waals surface area contributed by atoms with Crippen LogP contribution >= 0.6 is 15.9 Å². The third kappa shape index (κ3) is 3.54. The smallest absolute Gasteiger partial charge is 0.251 e. The van der Waals surface area contributed by atoms with Gasteiger partial charge in [-0.05, 0) is 29.8 Å². The molecule has 0 aliphatic carbocycles. The number of halogens is 2. The van der Waals surface area contributed by atoms with Crippen LogP contribution in [0.15, 0.2) is 46.9 Å². The van der Waals surface area contributed by atoms with Crippen LogP contribution in [0.4, 0.5) is 10.1 Å². The zero-order valence-corrected chi connectivity index (χ0v) is 11.6. The molecule has 1 amide bonds. The molecule has 0 heterocycles.